The molecule has 0 aliphatic carbocycles. The lowest BCUT2D eigenvalue weighted by molar-refractivity contribution is 0.379. The topological polar surface area (TPSA) is 72.0 Å². The molecule has 0 atom stereocenters. The monoisotopic (exact) mass is 351 g/mol. The van der Waals surface area contributed by atoms with E-state index in [2.05, 4.69) is 48.4 Å². The number of anilines is 3. The summed E-state index contributed by atoms with van der Waals surface area (Å²) >= 11 is 3.46. The van der Waals surface area contributed by atoms with E-state index in [0.717, 1.165) is 28.7 Å². The molecule has 0 spiro atoms. The summed E-state index contributed by atoms with van der Waals surface area (Å²) in [5, 5.41) is 6.32. The van der Waals surface area contributed by atoms with Crippen LogP contribution in [0.3, 0.4) is 0 Å². The standard InChI is InChI=1S/C14H18BrN5O/c1-4-7-16-12-18-13(20-14(19-12)21-3)17-11-8-10(15)6-5-9(11)2/h5-6,8H,4,7H2,1-3H3,(H2,16,17,18,19,20). The molecular formula is C14H18BrN5O. The van der Waals surface area contributed by atoms with Crippen LogP contribution >= 0.6 is 15.9 Å². The molecule has 0 fully saturated rings. The second-order valence-corrected chi connectivity index (χ2v) is 5.40. The molecule has 0 aliphatic rings. The summed E-state index contributed by atoms with van der Waals surface area (Å²) in [6, 6.07) is 6.26. The molecule has 2 aromatic rings. The molecule has 0 bridgehead atoms. The van der Waals surface area contributed by atoms with Crippen LogP contribution in [0.5, 0.6) is 6.01 Å². The number of nitrogens with zero attached hydrogens (tertiary/aromatic N) is 3. The Kier molecular flexibility index (Phi) is 5.32. The van der Waals surface area contributed by atoms with Gasteiger partial charge in [-0.05, 0) is 31.0 Å². The van der Waals surface area contributed by atoms with Crippen LogP contribution in [0, 0.1) is 6.92 Å². The predicted octanol–water partition coefficient (Wildman–Crippen LogP) is 3.52. The zero-order chi connectivity index (χ0) is 15.2. The second kappa shape index (κ2) is 7.21. The molecule has 0 saturated heterocycles. The van der Waals surface area contributed by atoms with E-state index in [1.165, 1.54) is 7.11 Å². The molecular weight excluding hydrogens is 334 g/mol. The highest BCUT2D eigenvalue weighted by Gasteiger charge is 2.08. The fraction of sp³-hybridized carbons (Fsp3) is 0.357. The molecule has 1 aromatic carbocycles. The minimum Gasteiger partial charge on any atom is -0.467 e. The van der Waals surface area contributed by atoms with Gasteiger partial charge in [-0.1, -0.05) is 28.9 Å². The van der Waals surface area contributed by atoms with E-state index in [4.69, 9.17) is 4.74 Å². The Morgan fingerprint density at radius 2 is 1.95 bits per heavy atom. The highest BCUT2D eigenvalue weighted by Crippen LogP contribution is 2.24. The number of aryl methyl sites for hydroxylation is 1. The molecule has 1 heterocycles. The van der Waals surface area contributed by atoms with Crippen molar-refractivity contribution in [1.82, 2.24) is 15.0 Å². The molecule has 2 N–H and O–H groups in total. The number of benzene rings is 1. The number of hydrogen-bond acceptors (Lipinski definition) is 6. The molecule has 7 heteroatoms. The maximum atomic E-state index is 5.12. The van der Waals surface area contributed by atoms with Crippen LogP contribution in [0.15, 0.2) is 22.7 Å². The van der Waals surface area contributed by atoms with Gasteiger partial charge in [0.1, 0.15) is 0 Å². The van der Waals surface area contributed by atoms with Crippen molar-refractivity contribution in [3.63, 3.8) is 0 Å². The van der Waals surface area contributed by atoms with Crippen LogP contribution in [-0.4, -0.2) is 28.6 Å². The van der Waals surface area contributed by atoms with E-state index in [1.807, 2.05) is 25.1 Å². The van der Waals surface area contributed by atoms with Crippen LogP contribution in [-0.2, 0) is 0 Å². The maximum Gasteiger partial charge on any atom is 0.322 e. The average Bonchev–Trinajstić information content (AvgIpc) is 2.48. The zero-order valence-corrected chi connectivity index (χ0v) is 13.9. The summed E-state index contributed by atoms with van der Waals surface area (Å²) in [5.74, 6) is 0.945. The van der Waals surface area contributed by atoms with E-state index in [9.17, 15) is 0 Å². The third-order valence-electron chi connectivity index (χ3n) is 2.78. The average molecular weight is 352 g/mol. The summed E-state index contributed by atoms with van der Waals surface area (Å²) in [6.07, 6.45) is 0.988. The maximum absolute atomic E-state index is 5.12. The van der Waals surface area contributed by atoms with E-state index < -0.39 is 0 Å². The number of nitrogens with one attached hydrogen (secondary N) is 2. The largest absolute Gasteiger partial charge is 0.467 e. The van der Waals surface area contributed by atoms with Crippen molar-refractivity contribution in [2.45, 2.75) is 20.3 Å². The normalized spacial score (nSPS) is 10.3. The molecule has 2 rings (SSSR count). The summed E-state index contributed by atoms with van der Waals surface area (Å²) in [4.78, 5) is 12.7. The molecule has 6 nitrogen and oxygen atoms in total. The third kappa shape index (κ3) is 4.29. The molecule has 0 aliphatic heterocycles. The number of halogens is 1. The van der Waals surface area contributed by atoms with Gasteiger partial charge in [0.15, 0.2) is 0 Å². The van der Waals surface area contributed by atoms with Crippen molar-refractivity contribution in [2.24, 2.45) is 0 Å². The number of ether oxygens (including phenoxy) is 1. The Morgan fingerprint density at radius 3 is 2.67 bits per heavy atom. The van der Waals surface area contributed by atoms with E-state index in [1.54, 1.807) is 0 Å². The van der Waals surface area contributed by atoms with Crippen molar-refractivity contribution in [3.8, 4) is 6.01 Å². The first-order valence-electron chi connectivity index (χ1n) is 6.69. The molecule has 0 radical (unpaired) electrons. The van der Waals surface area contributed by atoms with E-state index >= 15 is 0 Å². The van der Waals surface area contributed by atoms with Gasteiger partial charge in [0.25, 0.3) is 0 Å². The van der Waals surface area contributed by atoms with Gasteiger partial charge in [-0.15, -0.1) is 0 Å². The van der Waals surface area contributed by atoms with E-state index in [0.29, 0.717) is 11.9 Å². The van der Waals surface area contributed by atoms with Crippen LogP contribution in [0.4, 0.5) is 17.6 Å². The minimum atomic E-state index is 0.277. The fourth-order valence-electron chi connectivity index (χ4n) is 1.67. The lowest BCUT2D eigenvalue weighted by Gasteiger charge is -2.11. The summed E-state index contributed by atoms with van der Waals surface area (Å²) < 4.78 is 6.10. The van der Waals surface area contributed by atoms with Gasteiger partial charge in [-0.3, -0.25) is 0 Å². The Labute approximate surface area is 132 Å². The lowest BCUT2D eigenvalue weighted by atomic mass is 10.2. The highest BCUT2D eigenvalue weighted by atomic mass is 79.9. The molecule has 21 heavy (non-hydrogen) atoms. The first-order valence-corrected chi connectivity index (χ1v) is 7.48. The number of methoxy groups -OCH3 is 1. The SMILES string of the molecule is CCCNc1nc(Nc2cc(Br)ccc2C)nc(OC)n1. The smallest absolute Gasteiger partial charge is 0.322 e. The van der Waals surface area contributed by atoms with Gasteiger partial charge in [0.05, 0.1) is 7.11 Å². The summed E-state index contributed by atoms with van der Waals surface area (Å²) in [6.45, 7) is 4.89. The van der Waals surface area contributed by atoms with E-state index in [-0.39, 0.29) is 6.01 Å². The summed E-state index contributed by atoms with van der Waals surface area (Å²) in [5.41, 5.74) is 2.03. The van der Waals surface area contributed by atoms with Gasteiger partial charge in [-0.25, -0.2) is 0 Å². The van der Waals surface area contributed by atoms with Gasteiger partial charge < -0.3 is 15.4 Å². The molecule has 0 unspecified atom stereocenters. The quantitative estimate of drug-likeness (QED) is 0.829. The first kappa shape index (κ1) is 15.5. The van der Waals surface area contributed by atoms with Crippen molar-refractivity contribution >= 4 is 33.5 Å². The fourth-order valence-corrected chi connectivity index (χ4v) is 2.03. The number of aromatic nitrogens is 3. The number of hydrogen-bond donors (Lipinski definition) is 2. The lowest BCUT2D eigenvalue weighted by Crippen LogP contribution is -2.09. The second-order valence-electron chi connectivity index (χ2n) is 4.48. The molecule has 112 valence electrons. The van der Waals surface area contributed by atoms with Crippen LogP contribution in [0.2, 0.25) is 0 Å². The highest BCUT2D eigenvalue weighted by molar-refractivity contribution is 9.10. The molecule has 0 amide bonds. The Hall–Kier alpha value is -1.89. The van der Waals surface area contributed by atoms with Crippen molar-refractivity contribution in [1.29, 1.82) is 0 Å². The van der Waals surface area contributed by atoms with Crippen molar-refractivity contribution < 1.29 is 4.74 Å². The molecule has 1 aromatic heterocycles. The summed E-state index contributed by atoms with van der Waals surface area (Å²) in [7, 11) is 1.53. The first-order chi connectivity index (χ1) is 10.1. The van der Waals surface area contributed by atoms with Gasteiger partial charge >= 0.3 is 6.01 Å². The Morgan fingerprint density at radius 1 is 1.19 bits per heavy atom. The number of rotatable bonds is 6. The van der Waals surface area contributed by atoms with Crippen LogP contribution in [0.1, 0.15) is 18.9 Å². The van der Waals surface area contributed by atoms with Crippen molar-refractivity contribution in [3.05, 3.63) is 28.2 Å². The minimum absolute atomic E-state index is 0.277. The van der Waals surface area contributed by atoms with Gasteiger partial charge in [0.2, 0.25) is 11.9 Å². The van der Waals surface area contributed by atoms with Crippen LogP contribution in [0.25, 0.3) is 0 Å². The van der Waals surface area contributed by atoms with Crippen molar-refractivity contribution in [2.75, 3.05) is 24.3 Å². The Balaban J connectivity index is 2.27. The van der Waals surface area contributed by atoms with Gasteiger partial charge in [0, 0.05) is 16.7 Å². The molecule has 0 saturated carbocycles. The zero-order valence-electron chi connectivity index (χ0n) is 12.3. The predicted molar refractivity (Wildman–Crippen MR) is 87.3 cm³/mol. The Bertz CT molecular complexity index is 620. The third-order valence-corrected chi connectivity index (χ3v) is 3.27. The van der Waals surface area contributed by atoms with Crippen LogP contribution < -0.4 is 15.4 Å². The van der Waals surface area contributed by atoms with Gasteiger partial charge in [-0.2, -0.15) is 15.0 Å².